The minimum atomic E-state index is -0.668. The predicted octanol–water partition coefficient (Wildman–Crippen LogP) is 6.12. The first-order valence-electron chi connectivity index (χ1n) is 33.4. The van der Waals surface area contributed by atoms with E-state index in [1.807, 2.05) is 138 Å². The van der Waals surface area contributed by atoms with Crippen molar-refractivity contribution >= 4 is 64.2 Å². The summed E-state index contributed by atoms with van der Waals surface area (Å²) >= 11 is 0. The Morgan fingerprint density at radius 1 is 0.312 bits per heavy atom. The zero-order valence-electron chi connectivity index (χ0n) is 61.7. The summed E-state index contributed by atoms with van der Waals surface area (Å²) in [5, 5.41) is 12.6. The van der Waals surface area contributed by atoms with Gasteiger partial charge in [0, 0.05) is 62.6 Å². The molecule has 0 aromatic heterocycles. The average Bonchev–Trinajstić information content (AvgIpc) is 1.21. The van der Waals surface area contributed by atoms with E-state index in [1.165, 1.54) is 0 Å². The Morgan fingerprint density at radius 3 is 0.875 bits per heavy atom. The molecule has 27 nitrogen and oxygen atoms in total. The molecule has 96 heavy (non-hydrogen) atoms. The van der Waals surface area contributed by atoms with Gasteiger partial charge in [-0.3, -0.25) is 52.7 Å². The summed E-state index contributed by atoms with van der Waals surface area (Å²) in [5.41, 5.74) is 6.72. The van der Waals surface area contributed by atoms with E-state index in [9.17, 15) is 52.7 Å². The van der Waals surface area contributed by atoms with Crippen molar-refractivity contribution in [2.45, 2.75) is 251 Å². The summed E-state index contributed by atoms with van der Waals surface area (Å²) in [6, 6.07) is 6.14. The Morgan fingerprint density at radius 2 is 0.583 bits per heavy atom. The number of nitrogens with one attached hydrogen (secondary N) is 5. The third kappa shape index (κ3) is 69.5. The van der Waals surface area contributed by atoms with E-state index in [0.29, 0.717) is 69.8 Å². The Labute approximate surface area is 572 Å². The smallest absolute Gasteiger partial charge is 0.246 e. The summed E-state index contributed by atoms with van der Waals surface area (Å²) in [6.45, 7) is 39.7. The fraction of sp³-hybridized carbons (Fsp3) is 0.754. The van der Waals surface area contributed by atoms with Crippen LogP contribution in [-0.4, -0.2) is 224 Å². The van der Waals surface area contributed by atoms with E-state index < -0.39 is 6.04 Å². The van der Waals surface area contributed by atoms with Gasteiger partial charge in [-0.25, -0.2) is 0 Å². The van der Waals surface area contributed by atoms with E-state index in [-0.39, 0.29) is 204 Å². The lowest BCUT2D eigenvalue weighted by atomic mass is 10.0. The Hall–Kier alpha value is -5.85. The summed E-state index contributed by atoms with van der Waals surface area (Å²) in [6.07, 6.45) is 2.33. The maximum atomic E-state index is 12.0. The SMILES string of the molecule is CC(C)OCCC(=O)C(CN)NC(=O)COC(C)C.CC(C)OCCC(=O)CNC(=O)COC(C)C.CC(C)OCCC(=O)CNC(=O)COC(C)C.CC(C)OCCC(=O)c1ccc(C(=O)CCOC(C)C)cc1.CC(C)OCNC(=O)CCC(=O)CNC(=O)COC(C)C. The van der Waals surface area contributed by atoms with Crippen LogP contribution in [0.3, 0.4) is 0 Å². The monoisotopic (exact) mass is 1370 g/mol. The van der Waals surface area contributed by atoms with Gasteiger partial charge in [0.25, 0.3) is 0 Å². The normalized spacial score (nSPS) is 11.3. The number of nitrogens with two attached hydrogens (primary N) is 1. The van der Waals surface area contributed by atoms with Crippen molar-refractivity contribution in [1.82, 2.24) is 26.6 Å². The highest BCUT2D eigenvalue weighted by Crippen LogP contribution is 2.11. The van der Waals surface area contributed by atoms with Gasteiger partial charge < -0.3 is 79.7 Å². The number of carbonyl (C=O) groups excluding carboxylic acids is 11. The quantitative estimate of drug-likeness (QED) is 0.0316. The third-order valence-electron chi connectivity index (χ3n) is 11.5. The molecule has 5 amide bonds. The Bertz CT molecular complexity index is 2200. The van der Waals surface area contributed by atoms with E-state index in [0.717, 1.165) is 0 Å². The predicted molar refractivity (Wildman–Crippen MR) is 366 cm³/mol. The standard InChI is InChI=1S/C18H26O4.C14H26N2O5.C13H26N2O4.2C12H23NO4/c1-13(2)21-11-9-17(19)15-5-7-16(8-6-15)18(20)10-12-22-14(3)4;1-10(2)20-8-14(19)15-7-12(17)5-6-13(18)16-9-21-11(3)4;1-9(2)18-6-5-12(16)11(7-14)15-13(17)8-19-10(3)4;2*1-9(2)16-6-5-11(14)7-13-12(15)8-17-10(3)4/h5-8,13-14H,9-12H2,1-4H3;10-11H,5-9H2,1-4H3,(H,15,19)(H,16,18);9-11H,5-8,14H2,1-4H3,(H,15,17);2*9-10H,5-8H2,1-4H3,(H,13,15). The lowest BCUT2D eigenvalue weighted by Crippen LogP contribution is -2.47. The molecule has 0 saturated carbocycles. The molecule has 0 fully saturated rings. The van der Waals surface area contributed by atoms with Crippen molar-refractivity contribution in [3.05, 3.63) is 35.4 Å². The number of carbonyl (C=O) groups is 11. The molecule has 0 heterocycles. The molecule has 1 unspecified atom stereocenters. The zero-order chi connectivity index (χ0) is 74.1. The van der Waals surface area contributed by atoms with Gasteiger partial charge in [-0.1, -0.05) is 24.3 Å². The summed E-state index contributed by atoms with van der Waals surface area (Å²) < 4.78 is 52.1. The van der Waals surface area contributed by atoms with Crippen LogP contribution in [0, 0.1) is 0 Å². The fourth-order valence-electron chi connectivity index (χ4n) is 6.41. The topological polar surface area (TPSA) is 366 Å². The number of ketones is 6. The highest BCUT2D eigenvalue weighted by molar-refractivity contribution is 5.99. The van der Waals surface area contributed by atoms with Gasteiger partial charge in [0.15, 0.2) is 34.7 Å². The largest absolute Gasteiger partial charge is 0.378 e. The number of rotatable bonds is 49. The Balaban J connectivity index is -0.000000553. The minimum absolute atomic E-state index is 0.00651. The van der Waals surface area contributed by atoms with Crippen molar-refractivity contribution in [3.63, 3.8) is 0 Å². The van der Waals surface area contributed by atoms with Crippen LogP contribution in [-0.2, 0) is 90.5 Å². The fourth-order valence-corrected chi connectivity index (χ4v) is 6.41. The van der Waals surface area contributed by atoms with Gasteiger partial charge >= 0.3 is 0 Å². The van der Waals surface area contributed by atoms with Gasteiger partial charge in [-0.2, -0.15) is 0 Å². The molecule has 0 saturated heterocycles. The van der Waals surface area contributed by atoms with Gasteiger partial charge in [-0.05, 0) is 138 Å². The molecule has 0 aliphatic carbocycles. The summed E-state index contributed by atoms with van der Waals surface area (Å²) in [4.78, 5) is 127. The van der Waals surface area contributed by atoms with Crippen LogP contribution >= 0.6 is 0 Å². The molecule has 1 rings (SSSR count). The number of hydrogen-bond donors (Lipinski definition) is 6. The van der Waals surface area contributed by atoms with Crippen molar-refractivity contribution in [3.8, 4) is 0 Å². The molecule has 0 radical (unpaired) electrons. The minimum Gasteiger partial charge on any atom is -0.378 e. The highest BCUT2D eigenvalue weighted by atomic mass is 16.5. The molecule has 1 aromatic carbocycles. The molecular formula is C69H124N6O21. The van der Waals surface area contributed by atoms with Crippen molar-refractivity contribution in [2.24, 2.45) is 5.73 Å². The van der Waals surface area contributed by atoms with Crippen molar-refractivity contribution in [1.29, 1.82) is 0 Å². The lowest BCUT2D eigenvalue weighted by molar-refractivity contribution is -0.132. The van der Waals surface area contributed by atoms with E-state index >= 15 is 0 Å². The van der Waals surface area contributed by atoms with Gasteiger partial charge in [-0.15, -0.1) is 0 Å². The first-order chi connectivity index (χ1) is 44.9. The van der Waals surface area contributed by atoms with Crippen LogP contribution in [0.4, 0.5) is 0 Å². The number of benzene rings is 1. The first-order valence-corrected chi connectivity index (χ1v) is 33.4. The number of ether oxygens (including phenoxy) is 10. The average molecular weight is 1370 g/mol. The molecule has 0 bridgehead atoms. The maximum absolute atomic E-state index is 12.0. The second-order valence-electron chi connectivity index (χ2n) is 24.4. The highest BCUT2D eigenvalue weighted by Gasteiger charge is 2.20. The maximum Gasteiger partial charge on any atom is 0.246 e. The van der Waals surface area contributed by atoms with Gasteiger partial charge in [0.1, 0.15) is 33.2 Å². The number of hydrogen-bond acceptors (Lipinski definition) is 22. The molecule has 0 aliphatic rings. The molecule has 1 aromatic rings. The van der Waals surface area contributed by atoms with Gasteiger partial charge in [0.2, 0.25) is 29.5 Å². The van der Waals surface area contributed by atoms with Crippen LogP contribution in [0.15, 0.2) is 24.3 Å². The molecule has 0 aliphatic heterocycles. The molecule has 27 heteroatoms. The number of amides is 5. The second kappa shape index (κ2) is 61.5. The van der Waals surface area contributed by atoms with Crippen LogP contribution in [0.25, 0.3) is 0 Å². The van der Waals surface area contributed by atoms with Crippen LogP contribution in [0.1, 0.15) is 204 Å². The molecule has 7 N–H and O–H groups in total. The van der Waals surface area contributed by atoms with E-state index in [1.54, 1.807) is 24.3 Å². The van der Waals surface area contributed by atoms with Gasteiger partial charge in [0.05, 0.1) is 120 Å². The van der Waals surface area contributed by atoms with Crippen LogP contribution < -0.4 is 32.3 Å². The number of Topliss-reactive ketones (excluding diaryl/α,β-unsaturated/α-hetero) is 6. The van der Waals surface area contributed by atoms with Crippen LogP contribution in [0.5, 0.6) is 0 Å². The lowest BCUT2D eigenvalue weighted by Gasteiger charge is -2.17. The van der Waals surface area contributed by atoms with Crippen molar-refractivity contribution < 1.29 is 100 Å². The third-order valence-corrected chi connectivity index (χ3v) is 11.5. The van der Waals surface area contributed by atoms with Crippen molar-refractivity contribution in [2.75, 3.05) is 92.4 Å². The molecule has 556 valence electrons. The van der Waals surface area contributed by atoms with E-state index in [2.05, 4.69) is 26.6 Å². The Kier molecular flexibility index (Phi) is 61.8. The van der Waals surface area contributed by atoms with E-state index in [4.69, 9.17) is 53.1 Å². The summed E-state index contributed by atoms with van der Waals surface area (Å²) in [5.74, 6) is -1.80. The molecule has 0 spiro atoms. The zero-order valence-corrected chi connectivity index (χ0v) is 61.7. The van der Waals surface area contributed by atoms with Crippen LogP contribution in [0.2, 0.25) is 0 Å². The molecular weight excluding hydrogens is 1250 g/mol. The second-order valence-corrected chi connectivity index (χ2v) is 24.4. The first kappa shape index (κ1) is 96.5. The molecule has 1 atom stereocenters. The summed E-state index contributed by atoms with van der Waals surface area (Å²) in [7, 11) is 0.